The van der Waals surface area contributed by atoms with Crippen molar-refractivity contribution < 1.29 is 18.0 Å². The van der Waals surface area contributed by atoms with Gasteiger partial charge in [0.15, 0.2) is 8.68 Å². The molecule has 1 aromatic heterocycles. The van der Waals surface area contributed by atoms with Gasteiger partial charge in [0.1, 0.15) is 0 Å². The van der Waals surface area contributed by atoms with Crippen molar-refractivity contribution in [2.45, 2.75) is 20.6 Å². The summed E-state index contributed by atoms with van der Waals surface area (Å²) in [5, 5.41) is 14.5. The fraction of sp³-hybridized carbons (Fsp3) is 0.130. The predicted molar refractivity (Wildman–Crippen MR) is 131 cm³/mol. The molecule has 0 atom stereocenters. The lowest BCUT2D eigenvalue weighted by molar-refractivity contribution is -0.137. The molecule has 34 heavy (non-hydrogen) atoms. The number of aromatic nitrogens is 2. The average molecular weight is 519 g/mol. The molecule has 1 amide bonds. The van der Waals surface area contributed by atoms with Crippen LogP contribution in [-0.4, -0.2) is 28.1 Å². The number of nitrogens with one attached hydrogen (secondary N) is 1. The van der Waals surface area contributed by atoms with Gasteiger partial charge in [-0.2, -0.15) is 18.3 Å². The maximum absolute atomic E-state index is 12.6. The van der Waals surface area contributed by atoms with Crippen LogP contribution in [0.3, 0.4) is 0 Å². The van der Waals surface area contributed by atoms with E-state index >= 15 is 0 Å². The van der Waals surface area contributed by atoms with E-state index in [2.05, 4.69) is 45.0 Å². The highest BCUT2D eigenvalue weighted by atomic mass is 32.2. The Labute approximate surface area is 205 Å². The number of alkyl halides is 3. The van der Waals surface area contributed by atoms with Crippen molar-refractivity contribution in [3.8, 4) is 0 Å². The van der Waals surface area contributed by atoms with Crippen molar-refractivity contribution in [1.29, 1.82) is 0 Å². The van der Waals surface area contributed by atoms with E-state index in [4.69, 9.17) is 0 Å². The molecule has 0 saturated heterocycles. The van der Waals surface area contributed by atoms with Gasteiger partial charge < -0.3 is 0 Å². The van der Waals surface area contributed by atoms with Crippen molar-refractivity contribution in [3.05, 3.63) is 83.4 Å². The summed E-state index contributed by atoms with van der Waals surface area (Å²) in [6.07, 6.45) is -3.10. The van der Waals surface area contributed by atoms with Gasteiger partial charge in [-0.25, -0.2) is 5.43 Å². The van der Waals surface area contributed by atoms with E-state index in [1.807, 2.05) is 18.2 Å². The van der Waals surface area contributed by atoms with Crippen LogP contribution in [0.25, 0.3) is 10.8 Å². The molecule has 4 rings (SSSR count). The number of nitrogens with zero attached hydrogens (tertiary/aromatic N) is 3. The van der Waals surface area contributed by atoms with Gasteiger partial charge in [-0.1, -0.05) is 89.5 Å². The lowest BCUT2D eigenvalue weighted by Crippen LogP contribution is -2.19. The molecule has 0 aliphatic heterocycles. The van der Waals surface area contributed by atoms with Crippen LogP contribution in [0.15, 0.2) is 80.5 Å². The Bertz CT molecular complexity index is 1300. The van der Waals surface area contributed by atoms with E-state index in [-0.39, 0.29) is 11.7 Å². The van der Waals surface area contributed by atoms with Crippen LogP contribution in [0, 0.1) is 0 Å². The highest BCUT2D eigenvalue weighted by Crippen LogP contribution is 2.32. The van der Waals surface area contributed by atoms with Gasteiger partial charge in [-0.3, -0.25) is 4.79 Å². The number of rotatable bonds is 8. The molecule has 5 nitrogen and oxygen atoms in total. The number of benzene rings is 3. The number of hydrazone groups is 1. The van der Waals surface area contributed by atoms with E-state index in [0.717, 1.165) is 22.2 Å². The Morgan fingerprint density at radius 1 is 0.971 bits per heavy atom. The number of thioether (sulfide) groups is 2. The molecule has 0 fully saturated rings. The number of amides is 1. The summed E-state index contributed by atoms with van der Waals surface area (Å²) in [5.74, 6) is 0.501. The molecule has 0 aliphatic carbocycles. The maximum atomic E-state index is 12.6. The molecule has 4 aromatic rings. The Morgan fingerprint density at radius 3 is 2.44 bits per heavy atom. The first-order chi connectivity index (χ1) is 16.4. The molecular weight excluding hydrogens is 501 g/mol. The zero-order valence-corrected chi connectivity index (χ0v) is 19.9. The first kappa shape index (κ1) is 24.2. The lowest BCUT2D eigenvalue weighted by Gasteiger charge is -2.05. The fourth-order valence-electron chi connectivity index (χ4n) is 2.97. The zero-order chi connectivity index (χ0) is 24.0. The summed E-state index contributed by atoms with van der Waals surface area (Å²) >= 11 is 4.26. The smallest absolute Gasteiger partial charge is 0.272 e. The topological polar surface area (TPSA) is 67.2 Å². The Kier molecular flexibility index (Phi) is 7.86. The number of fused-ring (bicyclic) bond motifs is 1. The van der Waals surface area contributed by atoms with Crippen molar-refractivity contribution in [3.63, 3.8) is 0 Å². The zero-order valence-electron chi connectivity index (χ0n) is 17.5. The third kappa shape index (κ3) is 6.58. The number of hydrogen-bond acceptors (Lipinski definition) is 7. The summed E-state index contributed by atoms with van der Waals surface area (Å²) in [5.41, 5.74) is 3.28. The average Bonchev–Trinajstić information content (AvgIpc) is 3.29. The van der Waals surface area contributed by atoms with Crippen molar-refractivity contribution in [2.75, 3.05) is 5.75 Å². The van der Waals surface area contributed by atoms with E-state index in [1.54, 1.807) is 11.8 Å². The number of hydrogen-bond donors (Lipinski definition) is 1. The second-order valence-electron chi connectivity index (χ2n) is 6.96. The van der Waals surface area contributed by atoms with Gasteiger partial charge in [0.2, 0.25) is 0 Å². The largest absolute Gasteiger partial charge is 0.416 e. The third-order valence-electron chi connectivity index (χ3n) is 4.59. The number of carbonyl (C=O) groups is 1. The molecule has 0 aliphatic rings. The van der Waals surface area contributed by atoms with Crippen LogP contribution in [-0.2, 0) is 16.7 Å². The highest BCUT2D eigenvalue weighted by molar-refractivity contribution is 8.03. The van der Waals surface area contributed by atoms with E-state index < -0.39 is 11.7 Å². The molecule has 11 heteroatoms. The van der Waals surface area contributed by atoms with Gasteiger partial charge in [0.25, 0.3) is 5.91 Å². The summed E-state index contributed by atoms with van der Waals surface area (Å²) in [4.78, 5) is 12.0. The van der Waals surface area contributed by atoms with Crippen LogP contribution < -0.4 is 5.43 Å². The summed E-state index contributed by atoms with van der Waals surface area (Å²) < 4.78 is 39.2. The quantitative estimate of drug-likeness (QED) is 0.170. The summed E-state index contributed by atoms with van der Waals surface area (Å²) in [7, 11) is 0. The minimum atomic E-state index is -4.39. The molecule has 0 saturated carbocycles. The maximum Gasteiger partial charge on any atom is 0.416 e. The molecule has 0 bridgehead atoms. The highest BCUT2D eigenvalue weighted by Gasteiger charge is 2.29. The van der Waals surface area contributed by atoms with Crippen molar-refractivity contribution in [2.24, 2.45) is 5.10 Å². The Hall–Kier alpha value is -2.89. The van der Waals surface area contributed by atoms with Gasteiger partial charge in [-0.15, -0.1) is 10.2 Å². The first-order valence-electron chi connectivity index (χ1n) is 9.93. The van der Waals surface area contributed by atoms with Crippen LogP contribution in [0.2, 0.25) is 0 Å². The third-order valence-corrected chi connectivity index (χ3v) is 7.83. The predicted octanol–water partition coefficient (Wildman–Crippen LogP) is 6.24. The number of halogens is 3. The van der Waals surface area contributed by atoms with Gasteiger partial charge in [0, 0.05) is 5.75 Å². The van der Waals surface area contributed by atoms with Gasteiger partial charge in [-0.05, 0) is 34.0 Å². The summed E-state index contributed by atoms with van der Waals surface area (Å²) in [6.45, 7) is 0. The Morgan fingerprint density at radius 2 is 1.68 bits per heavy atom. The second kappa shape index (κ2) is 11.0. The monoisotopic (exact) mass is 518 g/mol. The minimum absolute atomic E-state index is 0.0903. The van der Waals surface area contributed by atoms with Crippen LogP contribution in [0.1, 0.15) is 16.7 Å². The van der Waals surface area contributed by atoms with Crippen molar-refractivity contribution in [1.82, 2.24) is 15.6 Å². The molecule has 3 aromatic carbocycles. The minimum Gasteiger partial charge on any atom is -0.272 e. The fourth-order valence-corrected chi connectivity index (χ4v) is 5.78. The lowest BCUT2D eigenvalue weighted by atomic mass is 10.1. The molecule has 174 valence electrons. The van der Waals surface area contributed by atoms with Gasteiger partial charge in [0.05, 0.1) is 17.5 Å². The van der Waals surface area contributed by atoms with Crippen LogP contribution >= 0.6 is 34.9 Å². The molecule has 0 radical (unpaired) electrons. The Balaban J connectivity index is 1.23. The van der Waals surface area contributed by atoms with Crippen molar-refractivity contribution >= 4 is 57.8 Å². The van der Waals surface area contributed by atoms with E-state index in [0.29, 0.717) is 9.90 Å². The molecule has 0 unspecified atom stereocenters. The standard InChI is InChI=1S/C23H17F3N4OS3/c24-23(25,26)18-10-8-15(9-11-18)12-27-28-20(31)14-33-22-30-29-21(34-22)32-13-17-6-3-5-16-4-1-2-7-19(16)17/h1-12H,13-14H2,(H,28,31)/b27-12-. The second-order valence-corrected chi connectivity index (χ2v) is 10.4. The SMILES string of the molecule is O=C(CSc1nnc(SCc2cccc3ccccc23)s1)N/N=C\c1ccc(C(F)(F)F)cc1. The van der Waals surface area contributed by atoms with Crippen LogP contribution in [0.5, 0.6) is 0 Å². The summed E-state index contributed by atoms with van der Waals surface area (Å²) in [6, 6.07) is 18.9. The molecule has 0 spiro atoms. The molecule has 1 heterocycles. The molecule has 1 N–H and O–H groups in total. The van der Waals surface area contributed by atoms with Crippen LogP contribution in [0.4, 0.5) is 13.2 Å². The van der Waals surface area contributed by atoms with E-state index in [9.17, 15) is 18.0 Å². The number of carbonyl (C=O) groups excluding carboxylic acids is 1. The van der Waals surface area contributed by atoms with Gasteiger partial charge >= 0.3 is 6.18 Å². The normalized spacial score (nSPS) is 11.9. The first-order valence-corrected chi connectivity index (χ1v) is 12.7. The van der Waals surface area contributed by atoms with E-state index in [1.165, 1.54) is 57.8 Å². The molecular formula is C23H17F3N4OS3.